The van der Waals surface area contributed by atoms with Gasteiger partial charge in [0, 0.05) is 18.6 Å². The van der Waals surface area contributed by atoms with E-state index in [1.165, 1.54) is 0 Å². The molecule has 1 saturated heterocycles. The van der Waals surface area contributed by atoms with Crippen molar-refractivity contribution in [1.82, 2.24) is 5.32 Å². The standard InChI is InChI=1S/C7H16N2O3/c1-3-5(10)7(12)6(11)4(2-8)9-3/h3-7,9-12H,2,8H2,1H3/t3?,4-,5+,6?,7?/m0/s1. The van der Waals surface area contributed by atoms with E-state index >= 15 is 0 Å². The molecule has 5 heteroatoms. The number of piperidine rings is 1. The van der Waals surface area contributed by atoms with E-state index in [-0.39, 0.29) is 18.6 Å². The molecule has 1 heterocycles. The highest BCUT2D eigenvalue weighted by Gasteiger charge is 2.39. The van der Waals surface area contributed by atoms with Gasteiger partial charge in [0.2, 0.25) is 0 Å². The van der Waals surface area contributed by atoms with Gasteiger partial charge in [0.05, 0.1) is 12.2 Å². The van der Waals surface area contributed by atoms with Gasteiger partial charge in [-0.1, -0.05) is 0 Å². The first-order chi connectivity index (χ1) is 5.57. The van der Waals surface area contributed by atoms with E-state index in [1.807, 2.05) is 0 Å². The van der Waals surface area contributed by atoms with Crippen molar-refractivity contribution in [3.8, 4) is 0 Å². The molecule has 0 aromatic heterocycles. The first-order valence-electron chi connectivity index (χ1n) is 4.08. The fraction of sp³-hybridized carbons (Fsp3) is 1.00. The average molecular weight is 176 g/mol. The zero-order valence-electron chi connectivity index (χ0n) is 7.01. The summed E-state index contributed by atoms with van der Waals surface area (Å²) in [6.07, 6.45) is -3.02. The molecule has 0 aliphatic carbocycles. The molecule has 0 amide bonds. The van der Waals surface area contributed by atoms with Crippen molar-refractivity contribution in [2.24, 2.45) is 5.73 Å². The third-order valence-electron chi connectivity index (χ3n) is 2.36. The van der Waals surface area contributed by atoms with Crippen molar-refractivity contribution >= 4 is 0 Å². The first kappa shape index (κ1) is 9.88. The van der Waals surface area contributed by atoms with Crippen LogP contribution in [0, 0.1) is 0 Å². The van der Waals surface area contributed by atoms with Crippen LogP contribution in [-0.2, 0) is 0 Å². The van der Waals surface area contributed by atoms with Crippen LogP contribution in [-0.4, -0.2) is 52.3 Å². The normalized spacial score (nSPS) is 49.2. The molecule has 0 aromatic carbocycles. The molecule has 0 aromatic rings. The maximum atomic E-state index is 9.37. The number of hydrogen-bond donors (Lipinski definition) is 5. The monoisotopic (exact) mass is 176 g/mol. The fourth-order valence-corrected chi connectivity index (χ4v) is 1.48. The van der Waals surface area contributed by atoms with Gasteiger partial charge in [-0.25, -0.2) is 0 Å². The Morgan fingerprint density at radius 1 is 1.17 bits per heavy atom. The lowest BCUT2D eigenvalue weighted by Crippen LogP contribution is -2.65. The summed E-state index contributed by atoms with van der Waals surface area (Å²) in [5, 5.41) is 30.9. The topological polar surface area (TPSA) is 98.7 Å². The van der Waals surface area contributed by atoms with E-state index in [1.54, 1.807) is 6.92 Å². The molecule has 3 unspecified atom stereocenters. The van der Waals surface area contributed by atoms with Gasteiger partial charge in [0.15, 0.2) is 0 Å². The van der Waals surface area contributed by atoms with Gasteiger partial charge < -0.3 is 26.4 Å². The van der Waals surface area contributed by atoms with Crippen molar-refractivity contribution in [3.63, 3.8) is 0 Å². The highest BCUT2D eigenvalue weighted by atomic mass is 16.4. The second-order valence-electron chi connectivity index (χ2n) is 3.27. The second-order valence-corrected chi connectivity index (χ2v) is 3.27. The van der Waals surface area contributed by atoms with Gasteiger partial charge in [0.25, 0.3) is 0 Å². The quantitative estimate of drug-likeness (QED) is 0.301. The summed E-state index contributed by atoms with van der Waals surface area (Å²) >= 11 is 0. The third kappa shape index (κ3) is 1.60. The Bertz CT molecular complexity index is 151. The lowest BCUT2D eigenvalue weighted by molar-refractivity contribution is -0.108. The highest BCUT2D eigenvalue weighted by Crippen LogP contribution is 2.14. The van der Waals surface area contributed by atoms with E-state index in [9.17, 15) is 15.3 Å². The van der Waals surface area contributed by atoms with Crippen LogP contribution in [0.4, 0.5) is 0 Å². The van der Waals surface area contributed by atoms with Crippen molar-refractivity contribution < 1.29 is 15.3 Å². The molecule has 72 valence electrons. The van der Waals surface area contributed by atoms with Crippen LogP contribution in [0.2, 0.25) is 0 Å². The number of hydrogen-bond acceptors (Lipinski definition) is 5. The van der Waals surface area contributed by atoms with E-state index in [4.69, 9.17) is 5.73 Å². The van der Waals surface area contributed by atoms with Gasteiger partial charge in [-0.15, -0.1) is 0 Å². The predicted octanol–water partition coefficient (Wildman–Crippen LogP) is -2.61. The van der Waals surface area contributed by atoms with Crippen LogP contribution in [0.1, 0.15) is 6.92 Å². The molecule has 1 aliphatic heterocycles. The molecule has 0 bridgehead atoms. The minimum absolute atomic E-state index is 0.239. The van der Waals surface area contributed by atoms with Gasteiger partial charge in [0.1, 0.15) is 6.10 Å². The Balaban J connectivity index is 2.63. The SMILES string of the molecule is CC1N[C@@H](CN)C(O)C(O)[C@@H]1O. The van der Waals surface area contributed by atoms with Gasteiger partial charge in [-0.05, 0) is 6.92 Å². The molecular formula is C7H16N2O3. The largest absolute Gasteiger partial charge is 0.389 e. The Morgan fingerprint density at radius 2 is 1.75 bits per heavy atom. The molecule has 5 atom stereocenters. The minimum Gasteiger partial charge on any atom is -0.389 e. The lowest BCUT2D eigenvalue weighted by Gasteiger charge is -2.39. The second kappa shape index (κ2) is 3.68. The first-order valence-corrected chi connectivity index (χ1v) is 4.08. The molecule has 0 spiro atoms. The van der Waals surface area contributed by atoms with E-state index < -0.39 is 18.3 Å². The van der Waals surface area contributed by atoms with Crippen molar-refractivity contribution in [2.75, 3.05) is 6.54 Å². The van der Waals surface area contributed by atoms with Gasteiger partial charge in [-0.3, -0.25) is 0 Å². The summed E-state index contributed by atoms with van der Waals surface area (Å²) in [5.41, 5.74) is 5.35. The van der Waals surface area contributed by atoms with Gasteiger partial charge >= 0.3 is 0 Å². The smallest absolute Gasteiger partial charge is 0.109 e. The Morgan fingerprint density at radius 3 is 2.25 bits per heavy atom. The summed E-state index contributed by atoms with van der Waals surface area (Å²) < 4.78 is 0. The maximum absolute atomic E-state index is 9.37. The van der Waals surface area contributed by atoms with Crippen LogP contribution >= 0.6 is 0 Å². The van der Waals surface area contributed by atoms with Crippen molar-refractivity contribution in [1.29, 1.82) is 0 Å². The minimum atomic E-state index is -1.10. The van der Waals surface area contributed by atoms with E-state index in [0.29, 0.717) is 0 Å². The average Bonchev–Trinajstić information content (AvgIpc) is 2.08. The number of aliphatic hydroxyl groups excluding tert-OH is 3. The molecule has 1 aliphatic rings. The summed E-state index contributed by atoms with van der Waals surface area (Å²) in [4.78, 5) is 0. The van der Waals surface area contributed by atoms with Crippen LogP contribution < -0.4 is 11.1 Å². The zero-order valence-corrected chi connectivity index (χ0v) is 7.01. The molecule has 5 nitrogen and oxygen atoms in total. The molecule has 6 N–H and O–H groups in total. The highest BCUT2D eigenvalue weighted by molar-refractivity contribution is 4.96. The van der Waals surface area contributed by atoms with Crippen LogP contribution in [0.3, 0.4) is 0 Å². The molecule has 0 saturated carbocycles. The number of rotatable bonds is 1. The molecule has 1 fully saturated rings. The van der Waals surface area contributed by atoms with Crippen LogP contribution in [0.15, 0.2) is 0 Å². The number of nitrogens with two attached hydrogens (primary N) is 1. The fourth-order valence-electron chi connectivity index (χ4n) is 1.48. The summed E-state index contributed by atoms with van der Waals surface area (Å²) in [6, 6.07) is -0.574. The predicted molar refractivity (Wildman–Crippen MR) is 43.5 cm³/mol. The summed E-state index contributed by atoms with van der Waals surface area (Å²) in [7, 11) is 0. The Hall–Kier alpha value is -0.200. The number of nitrogens with one attached hydrogen (secondary N) is 1. The summed E-state index contributed by atoms with van der Waals surface area (Å²) in [6.45, 7) is 1.98. The van der Waals surface area contributed by atoms with Crippen molar-refractivity contribution in [2.45, 2.75) is 37.3 Å². The zero-order chi connectivity index (χ0) is 9.30. The van der Waals surface area contributed by atoms with E-state index in [0.717, 1.165) is 0 Å². The number of aliphatic hydroxyl groups is 3. The van der Waals surface area contributed by atoms with Crippen LogP contribution in [0.5, 0.6) is 0 Å². The maximum Gasteiger partial charge on any atom is 0.109 e. The molecule has 0 radical (unpaired) electrons. The van der Waals surface area contributed by atoms with Crippen LogP contribution in [0.25, 0.3) is 0 Å². The molecular weight excluding hydrogens is 160 g/mol. The Kier molecular flexibility index (Phi) is 3.03. The van der Waals surface area contributed by atoms with E-state index in [2.05, 4.69) is 5.32 Å². The third-order valence-corrected chi connectivity index (χ3v) is 2.36. The Labute approximate surface area is 71.2 Å². The summed E-state index contributed by atoms with van der Waals surface area (Å²) in [5.74, 6) is 0. The molecule has 12 heavy (non-hydrogen) atoms. The lowest BCUT2D eigenvalue weighted by atomic mass is 9.91. The van der Waals surface area contributed by atoms with Crippen molar-refractivity contribution in [3.05, 3.63) is 0 Å². The molecule has 1 rings (SSSR count). The van der Waals surface area contributed by atoms with Gasteiger partial charge in [-0.2, -0.15) is 0 Å².